The van der Waals surface area contributed by atoms with Crippen LogP contribution in [0.5, 0.6) is 40.2 Å². The van der Waals surface area contributed by atoms with Gasteiger partial charge >= 0.3 is 17.3 Å². The largest absolute Gasteiger partial charge is 0.508 e. The van der Waals surface area contributed by atoms with Crippen LogP contribution < -0.4 is 4.74 Å². The van der Waals surface area contributed by atoms with Crippen LogP contribution >= 0.6 is 0 Å². The SMILES string of the molecule is O=C(C=Cc1ccc(O)cc1)OC1C(O)C(CO)OC(Oc2cc3c(O)cc(O)cc3[o+]c2-c2cc(O)c(O)c(O)c2)C1O. The molecule has 14 nitrogen and oxygen atoms in total. The number of rotatable bonds is 7. The van der Waals surface area contributed by atoms with Gasteiger partial charge in [-0.1, -0.05) is 12.1 Å². The Morgan fingerprint density at radius 2 is 1.55 bits per heavy atom. The van der Waals surface area contributed by atoms with Crippen molar-refractivity contribution < 1.29 is 69.4 Å². The van der Waals surface area contributed by atoms with Gasteiger partial charge in [0, 0.05) is 30.3 Å². The van der Waals surface area contributed by atoms with Gasteiger partial charge in [-0.15, -0.1) is 0 Å². The zero-order chi connectivity index (χ0) is 31.7. The van der Waals surface area contributed by atoms with Gasteiger partial charge < -0.3 is 60.2 Å². The Balaban J connectivity index is 1.49. The maximum Gasteiger partial charge on any atom is 0.402 e. The summed E-state index contributed by atoms with van der Waals surface area (Å²) in [5.74, 6) is -4.55. The van der Waals surface area contributed by atoms with E-state index in [1.165, 1.54) is 36.4 Å². The predicted molar refractivity (Wildman–Crippen MR) is 150 cm³/mol. The average molecular weight is 612 g/mol. The van der Waals surface area contributed by atoms with Crippen molar-refractivity contribution in [2.75, 3.05) is 6.61 Å². The predicted octanol–water partition coefficient (Wildman–Crippen LogP) is 2.06. The number of hydrogen-bond acceptors (Lipinski definition) is 13. The van der Waals surface area contributed by atoms with Crippen molar-refractivity contribution in [1.29, 1.82) is 0 Å². The number of phenols is 6. The zero-order valence-corrected chi connectivity index (χ0v) is 22.5. The quantitative estimate of drug-likeness (QED) is 0.0629. The monoisotopic (exact) mass is 611 g/mol. The van der Waals surface area contributed by atoms with Gasteiger partial charge in [0.1, 0.15) is 34.8 Å². The Bertz CT molecular complexity index is 1690. The summed E-state index contributed by atoms with van der Waals surface area (Å²) in [6, 6.07) is 11.3. The minimum absolute atomic E-state index is 0.0140. The van der Waals surface area contributed by atoms with E-state index in [-0.39, 0.29) is 39.5 Å². The first kappa shape index (κ1) is 30.2. The smallest absolute Gasteiger partial charge is 0.402 e. The summed E-state index contributed by atoms with van der Waals surface area (Å²) in [6.45, 7) is -0.778. The number of fused-ring (bicyclic) bond motifs is 1. The first-order chi connectivity index (χ1) is 20.9. The number of benzene rings is 3. The number of carbonyl (C=O) groups is 1. The highest BCUT2D eigenvalue weighted by molar-refractivity contribution is 5.89. The van der Waals surface area contributed by atoms with Crippen molar-refractivity contribution in [3.8, 4) is 51.6 Å². The molecule has 44 heavy (non-hydrogen) atoms. The lowest BCUT2D eigenvalue weighted by Gasteiger charge is -2.40. The van der Waals surface area contributed by atoms with E-state index in [2.05, 4.69) is 0 Å². The molecule has 230 valence electrons. The zero-order valence-electron chi connectivity index (χ0n) is 22.5. The highest BCUT2D eigenvalue weighted by atomic mass is 16.7. The van der Waals surface area contributed by atoms with Crippen LogP contribution in [0.4, 0.5) is 0 Å². The number of hydrogen-bond donors (Lipinski definition) is 9. The molecule has 0 aliphatic carbocycles. The van der Waals surface area contributed by atoms with Gasteiger partial charge in [0.15, 0.2) is 29.5 Å². The molecule has 9 N–H and O–H groups in total. The van der Waals surface area contributed by atoms with Gasteiger partial charge in [0.05, 0.1) is 18.2 Å². The molecule has 0 saturated carbocycles. The van der Waals surface area contributed by atoms with Gasteiger partial charge in [0.2, 0.25) is 12.0 Å². The maximum atomic E-state index is 12.6. The second-order valence-corrected chi connectivity index (χ2v) is 9.83. The Kier molecular flexibility index (Phi) is 8.33. The normalized spacial score (nSPS) is 21.8. The van der Waals surface area contributed by atoms with Gasteiger partial charge in [-0.3, -0.25) is 0 Å². The number of carbonyl (C=O) groups excluding carboxylic acids is 1. The van der Waals surface area contributed by atoms with E-state index < -0.39 is 66.3 Å². The standard InChI is InChI=1S/C30H26O14/c31-12-23-26(39)29(44-24(37)6-3-13-1-4-15(32)5-2-13)27(40)30(43-23)42-22-11-17-18(34)9-16(33)10-21(17)41-28(22)14-7-19(35)25(38)20(36)8-14/h1-11,23,26-27,29-31,39-40H,12H2,(H5-,32,33,34,35,36,37,38)/p+1. The molecule has 14 heteroatoms. The van der Waals surface area contributed by atoms with Gasteiger partial charge in [-0.05, 0) is 23.8 Å². The first-order valence-corrected chi connectivity index (χ1v) is 13.0. The summed E-state index contributed by atoms with van der Waals surface area (Å²) in [5.41, 5.74) is 0.402. The third-order valence-electron chi connectivity index (χ3n) is 6.77. The van der Waals surface area contributed by atoms with Crippen LogP contribution in [0, 0.1) is 0 Å². The Morgan fingerprint density at radius 1 is 0.864 bits per heavy atom. The molecule has 3 aromatic carbocycles. The van der Waals surface area contributed by atoms with Crippen LogP contribution in [-0.4, -0.2) is 89.2 Å². The third kappa shape index (κ3) is 6.09. The van der Waals surface area contributed by atoms with Crippen LogP contribution in [0.3, 0.4) is 0 Å². The van der Waals surface area contributed by atoms with Crippen molar-refractivity contribution >= 4 is 23.0 Å². The fraction of sp³-hybridized carbons (Fsp3) is 0.200. The van der Waals surface area contributed by atoms with Gasteiger partial charge in [0.25, 0.3) is 0 Å². The molecule has 1 fully saturated rings. The highest BCUT2D eigenvalue weighted by Crippen LogP contribution is 2.45. The highest BCUT2D eigenvalue weighted by Gasteiger charge is 2.48. The van der Waals surface area contributed by atoms with E-state index in [0.717, 1.165) is 30.3 Å². The molecule has 5 rings (SSSR count). The molecule has 5 unspecified atom stereocenters. The van der Waals surface area contributed by atoms with Gasteiger partial charge in [-0.2, -0.15) is 0 Å². The fourth-order valence-corrected chi connectivity index (χ4v) is 4.55. The molecule has 0 amide bonds. The summed E-state index contributed by atoms with van der Waals surface area (Å²) in [5, 5.41) is 91.3. The number of aliphatic hydroxyl groups is 3. The van der Waals surface area contributed by atoms with Crippen molar-refractivity contribution in [3.05, 3.63) is 66.2 Å². The van der Waals surface area contributed by atoms with Crippen molar-refractivity contribution in [1.82, 2.24) is 0 Å². The van der Waals surface area contributed by atoms with Gasteiger partial charge in [-0.25, -0.2) is 9.21 Å². The minimum atomic E-state index is -1.86. The topological polar surface area (TPSA) is 238 Å². The molecular formula is C30H27O14+. The van der Waals surface area contributed by atoms with Crippen LogP contribution in [0.25, 0.3) is 28.4 Å². The van der Waals surface area contributed by atoms with Crippen LogP contribution in [0.1, 0.15) is 5.56 Å². The average Bonchev–Trinajstić information content (AvgIpc) is 2.98. The summed E-state index contributed by atoms with van der Waals surface area (Å²) in [7, 11) is 0. The molecule has 1 aliphatic heterocycles. The van der Waals surface area contributed by atoms with E-state index in [1.54, 1.807) is 0 Å². The van der Waals surface area contributed by atoms with E-state index >= 15 is 0 Å². The van der Waals surface area contributed by atoms with Crippen molar-refractivity contribution in [2.24, 2.45) is 0 Å². The Labute approximate surface area is 247 Å². The molecule has 4 aromatic rings. The van der Waals surface area contributed by atoms with Crippen molar-refractivity contribution in [3.63, 3.8) is 0 Å². The molecule has 2 heterocycles. The Hall–Kier alpha value is -5.28. The van der Waals surface area contributed by atoms with Crippen molar-refractivity contribution in [2.45, 2.75) is 30.7 Å². The second-order valence-electron chi connectivity index (χ2n) is 9.83. The summed E-state index contributed by atoms with van der Waals surface area (Å²) < 4.78 is 22.5. The molecule has 1 saturated heterocycles. The third-order valence-corrected chi connectivity index (χ3v) is 6.77. The lowest BCUT2D eigenvalue weighted by atomic mass is 9.99. The second kappa shape index (κ2) is 12.1. The van der Waals surface area contributed by atoms with E-state index in [4.69, 9.17) is 18.6 Å². The number of aliphatic hydroxyl groups excluding tert-OH is 3. The summed E-state index contributed by atoms with van der Waals surface area (Å²) in [6.07, 6.45) is -5.98. The molecule has 0 bridgehead atoms. The molecular weight excluding hydrogens is 584 g/mol. The van der Waals surface area contributed by atoms with E-state index in [1.807, 2.05) is 0 Å². The summed E-state index contributed by atoms with van der Waals surface area (Å²) >= 11 is 0. The molecule has 5 atom stereocenters. The van der Waals surface area contributed by atoms with Crippen LogP contribution in [-0.2, 0) is 14.3 Å². The maximum absolute atomic E-state index is 12.6. The summed E-state index contributed by atoms with van der Waals surface area (Å²) in [4.78, 5) is 12.6. The molecule has 0 radical (unpaired) electrons. The number of aromatic hydroxyl groups is 6. The molecule has 0 spiro atoms. The van der Waals surface area contributed by atoms with Crippen LogP contribution in [0.2, 0.25) is 0 Å². The van der Waals surface area contributed by atoms with E-state index in [9.17, 15) is 50.8 Å². The Morgan fingerprint density at radius 3 is 2.20 bits per heavy atom. The molecule has 1 aromatic heterocycles. The number of esters is 1. The lowest BCUT2D eigenvalue weighted by molar-refractivity contribution is -0.280. The fourth-order valence-electron chi connectivity index (χ4n) is 4.55. The molecule has 1 aliphatic rings. The van der Waals surface area contributed by atoms with E-state index in [0.29, 0.717) is 5.56 Å². The lowest BCUT2D eigenvalue weighted by Crippen LogP contribution is -2.61. The van der Waals surface area contributed by atoms with Crippen LogP contribution in [0.15, 0.2) is 65.1 Å². The first-order valence-electron chi connectivity index (χ1n) is 13.0. The number of phenolic OH excluding ortho intramolecular Hbond substituents is 6. The number of ether oxygens (including phenoxy) is 3. The minimum Gasteiger partial charge on any atom is -0.508 e.